The van der Waals surface area contributed by atoms with Gasteiger partial charge in [0.05, 0.1) is 0 Å². The Morgan fingerprint density at radius 2 is 1.96 bits per heavy atom. The molecule has 0 spiro atoms. The third-order valence-corrected chi connectivity index (χ3v) is 6.77. The van der Waals surface area contributed by atoms with Crippen LogP contribution in [0.5, 0.6) is 0 Å². The van der Waals surface area contributed by atoms with E-state index in [4.69, 9.17) is 4.52 Å². The second kappa shape index (κ2) is 7.40. The number of aromatic nitrogens is 1. The molecule has 142 valence electrons. The van der Waals surface area contributed by atoms with Crippen molar-refractivity contribution in [3.8, 4) is 0 Å². The van der Waals surface area contributed by atoms with Crippen molar-refractivity contribution in [2.45, 2.75) is 51.5 Å². The number of aryl methyl sites for hydroxylation is 2. The van der Waals surface area contributed by atoms with Crippen LogP contribution in [0.2, 0.25) is 0 Å². The lowest BCUT2D eigenvalue weighted by Crippen LogP contribution is -2.34. The molecule has 0 amide bonds. The van der Waals surface area contributed by atoms with E-state index >= 15 is 0 Å². The summed E-state index contributed by atoms with van der Waals surface area (Å²) in [5.74, 6) is 1.01. The third kappa shape index (κ3) is 3.94. The molecule has 26 heavy (non-hydrogen) atoms. The van der Waals surface area contributed by atoms with E-state index in [0.29, 0.717) is 17.4 Å². The van der Waals surface area contributed by atoms with E-state index in [9.17, 15) is 8.42 Å². The van der Waals surface area contributed by atoms with Gasteiger partial charge >= 0.3 is 0 Å². The third-order valence-electron chi connectivity index (χ3n) is 4.98. The summed E-state index contributed by atoms with van der Waals surface area (Å²) in [5, 5.41) is 3.73. The molecule has 1 aromatic carbocycles. The summed E-state index contributed by atoms with van der Waals surface area (Å²) in [7, 11) is -3.68. The van der Waals surface area contributed by atoms with Gasteiger partial charge in [0.15, 0.2) is 5.76 Å². The number of benzene rings is 1. The summed E-state index contributed by atoms with van der Waals surface area (Å²) in [5.41, 5.74) is 2.49. The molecule has 0 bridgehead atoms. The molecule has 1 saturated heterocycles. The van der Waals surface area contributed by atoms with Crippen LogP contribution < -0.4 is 9.62 Å². The standard InChI is InChI=1S/C19H27N3O3S/c1-13-6-5-11-22(12-13)18-9-7-17(8-10-18)14(2)21-26(23,24)19-15(3)20-25-16(19)4/h7-10,13-14,21H,5-6,11-12H2,1-4H3. The molecule has 6 nitrogen and oxygen atoms in total. The van der Waals surface area contributed by atoms with Crippen LogP contribution in [0, 0.1) is 19.8 Å². The number of nitrogens with zero attached hydrogens (tertiary/aromatic N) is 2. The number of piperidine rings is 1. The quantitative estimate of drug-likeness (QED) is 0.862. The fourth-order valence-electron chi connectivity index (χ4n) is 3.62. The van der Waals surface area contributed by atoms with Crippen LogP contribution in [-0.2, 0) is 10.0 Å². The Balaban J connectivity index is 1.73. The number of sulfonamides is 1. The monoisotopic (exact) mass is 377 g/mol. The van der Waals surface area contributed by atoms with Crippen molar-refractivity contribution in [3.05, 3.63) is 41.3 Å². The maximum Gasteiger partial charge on any atom is 0.246 e. The normalized spacial score (nSPS) is 19.5. The maximum absolute atomic E-state index is 12.6. The Kier molecular flexibility index (Phi) is 5.39. The highest BCUT2D eigenvalue weighted by molar-refractivity contribution is 7.89. The minimum Gasteiger partial charge on any atom is -0.371 e. The number of nitrogens with one attached hydrogen (secondary N) is 1. The number of hydrogen-bond acceptors (Lipinski definition) is 5. The van der Waals surface area contributed by atoms with E-state index in [-0.39, 0.29) is 10.9 Å². The van der Waals surface area contributed by atoms with Gasteiger partial charge in [0.1, 0.15) is 10.6 Å². The van der Waals surface area contributed by atoms with Gasteiger partial charge < -0.3 is 9.42 Å². The summed E-state index contributed by atoms with van der Waals surface area (Å²) in [4.78, 5) is 2.53. The fraction of sp³-hybridized carbons (Fsp3) is 0.526. The first-order valence-corrected chi connectivity index (χ1v) is 10.6. The Bertz CT molecular complexity index is 839. The molecule has 2 atom stereocenters. The molecule has 0 radical (unpaired) electrons. The van der Waals surface area contributed by atoms with Crippen LogP contribution >= 0.6 is 0 Å². The van der Waals surface area contributed by atoms with Crippen LogP contribution in [0.3, 0.4) is 0 Å². The van der Waals surface area contributed by atoms with Crippen LogP contribution in [0.15, 0.2) is 33.7 Å². The number of anilines is 1. The van der Waals surface area contributed by atoms with Crippen molar-refractivity contribution < 1.29 is 12.9 Å². The zero-order valence-electron chi connectivity index (χ0n) is 15.8. The highest BCUT2D eigenvalue weighted by atomic mass is 32.2. The Hall–Kier alpha value is -1.86. The van der Waals surface area contributed by atoms with E-state index in [0.717, 1.165) is 18.7 Å². The van der Waals surface area contributed by atoms with Crippen molar-refractivity contribution in [2.75, 3.05) is 18.0 Å². The average Bonchev–Trinajstić information content (AvgIpc) is 2.94. The van der Waals surface area contributed by atoms with Gasteiger partial charge in [-0.2, -0.15) is 0 Å². The Labute approximate surface area is 155 Å². The predicted octanol–water partition coefficient (Wildman–Crippen LogP) is 3.57. The van der Waals surface area contributed by atoms with Crippen molar-refractivity contribution in [3.63, 3.8) is 0 Å². The molecular formula is C19H27N3O3S. The Morgan fingerprint density at radius 1 is 1.27 bits per heavy atom. The van der Waals surface area contributed by atoms with E-state index in [1.807, 2.05) is 19.1 Å². The molecule has 1 N–H and O–H groups in total. The highest BCUT2D eigenvalue weighted by Crippen LogP contribution is 2.26. The second-order valence-electron chi connectivity index (χ2n) is 7.28. The predicted molar refractivity (Wildman–Crippen MR) is 102 cm³/mol. The minimum atomic E-state index is -3.68. The zero-order chi connectivity index (χ0) is 18.9. The summed E-state index contributed by atoms with van der Waals surface area (Å²) >= 11 is 0. The molecule has 1 aromatic heterocycles. The summed E-state index contributed by atoms with van der Waals surface area (Å²) in [6, 6.07) is 7.80. The van der Waals surface area contributed by atoms with Gasteiger partial charge in [0, 0.05) is 24.8 Å². The van der Waals surface area contributed by atoms with Crippen molar-refractivity contribution in [1.29, 1.82) is 0 Å². The SMILES string of the molecule is Cc1noc(C)c1S(=O)(=O)NC(C)c1ccc(N2CCCC(C)C2)cc1. The largest absolute Gasteiger partial charge is 0.371 e. The van der Waals surface area contributed by atoms with Gasteiger partial charge in [0.25, 0.3) is 0 Å². The molecule has 0 saturated carbocycles. The van der Waals surface area contributed by atoms with Gasteiger partial charge in [0.2, 0.25) is 10.0 Å². The fourth-order valence-corrected chi connectivity index (χ4v) is 5.18. The lowest BCUT2D eigenvalue weighted by Gasteiger charge is -2.33. The molecule has 2 aromatic rings. The summed E-state index contributed by atoms with van der Waals surface area (Å²) in [6.45, 7) is 9.52. The zero-order valence-corrected chi connectivity index (χ0v) is 16.6. The average molecular weight is 378 g/mol. The number of hydrogen-bond donors (Lipinski definition) is 1. The van der Waals surface area contributed by atoms with Crippen molar-refractivity contribution >= 4 is 15.7 Å². The second-order valence-corrected chi connectivity index (χ2v) is 8.93. The van der Waals surface area contributed by atoms with E-state index in [1.165, 1.54) is 18.5 Å². The van der Waals surface area contributed by atoms with E-state index in [1.54, 1.807) is 13.8 Å². The van der Waals surface area contributed by atoms with Gasteiger partial charge in [-0.3, -0.25) is 0 Å². The smallest absolute Gasteiger partial charge is 0.246 e. The lowest BCUT2D eigenvalue weighted by atomic mass is 9.99. The maximum atomic E-state index is 12.6. The van der Waals surface area contributed by atoms with Crippen LogP contribution in [0.25, 0.3) is 0 Å². The molecular weight excluding hydrogens is 350 g/mol. The molecule has 3 rings (SSSR count). The Morgan fingerprint density at radius 3 is 2.54 bits per heavy atom. The summed E-state index contributed by atoms with van der Waals surface area (Å²) < 4.78 is 33.0. The molecule has 2 heterocycles. The molecule has 1 fully saturated rings. The highest BCUT2D eigenvalue weighted by Gasteiger charge is 2.26. The lowest BCUT2D eigenvalue weighted by molar-refractivity contribution is 0.390. The molecule has 1 aliphatic rings. The molecule has 1 aliphatic heterocycles. The minimum absolute atomic E-state index is 0.128. The molecule has 7 heteroatoms. The topological polar surface area (TPSA) is 75.4 Å². The van der Waals surface area contributed by atoms with Crippen LogP contribution in [0.4, 0.5) is 5.69 Å². The van der Waals surface area contributed by atoms with Gasteiger partial charge in [-0.15, -0.1) is 0 Å². The first-order valence-electron chi connectivity index (χ1n) is 9.08. The number of rotatable bonds is 5. The van der Waals surface area contributed by atoms with Gasteiger partial charge in [-0.25, -0.2) is 13.1 Å². The first-order chi connectivity index (χ1) is 12.3. The van der Waals surface area contributed by atoms with Crippen LogP contribution in [0.1, 0.15) is 49.7 Å². The van der Waals surface area contributed by atoms with Crippen LogP contribution in [-0.4, -0.2) is 26.7 Å². The van der Waals surface area contributed by atoms with Gasteiger partial charge in [-0.05, 0) is 57.2 Å². The first kappa shape index (κ1) is 18.9. The van der Waals surface area contributed by atoms with Gasteiger partial charge in [-0.1, -0.05) is 24.2 Å². The van der Waals surface area contributed by atoms with E-state index in [2.05, 4.69) is 33.8 Å². The molecule has 0 aliphatic carbocycles. The molecule has 2 unspecified atom stereocenters. The summed E-state index contributed by atoms with van der Waals surface area (Å²) in [6.07, 6.45) is 2.51. The van der Waals surface area contributed by atoms with Crippen molar-refractivity contribution in [2.24, 2.45) is 5.92 Å². The van der Waals surface area contributed by atoms with E-state index < -0.39 is 10.0 Å². The van der Waals surface area contributed by atoms with Crippen molar-refractivity contribution in [1.82, 2.24) is 9.88 Å².